The topological polar surface area (TPSA) is 94.6 Å². The van der Waals surface area contributed by atoms with E-state index in [1.54, 1.807) is 10.7 Å². The van der Waals surface area contributed by atoms with Crippen LogP contribution in [0, 0.1) is 6.92 Å². The molecule has 0 aliphatic heterocycles. The van der Waals surface area contributed by atoms with Gasteiger partial charge in [-0.1, -0.05) is 42.5 Å². The monoisotopic (exact) mass is 434 g/mol. The first-order chi connectivity index (χ1) is 13.5. The molecule has 0 saturated heterocycles. The SMILES string of the molecule is Cc1nc(N)c2c(-c3ccc(C=NCc4ccccc4)c(N)c3)cc(Br)n2n1. The Morgan fingerprint density at radius 1 is 1.11 bits per heavy atom. The summed E-state index contributed by atoms with van der Waals surface area (Å²) >= 11 is 3.54. The van der Waals surface area contributed by atoms with Crippen molar-refractivity contribution in [2.45, 2.75) is 13.5 Å². The number of rotatable bonds is 4. The lowest BCUT2D eigenvalue weighted by molar-refractivity contribution is 0.847. The fraction of sp³-hybridized carbons (Fsp3) is 0.0952. The van der Waals surface area contributed by atoms with Crippen LogP contribution in [0.1, 0.15) is 17.0 Å². The van der Waals surface area contributed by atoms with Gasteiger partial charge in [-0.25, -0.2) is 9.50 Å². The third-order valence-corrected chi connectivity index (χ3v) is 5.01. The number of aryl methyl sites for hydroxylation is 1. The largest absolute Gasteiger partial charge is 0.398 e. The summed E-state index contributed by atoms with van der Waals surface area (Å²) in [5, 5.41) is 4.42. The van der Waals surface area contributed by atoms with Crippen LogP contribution in [-0.2, 0) is 6.54 Å². The molecule has 2 aromatic carbocycles. The number of nitrogen functional groups attached to an aromatic ring is 2. The highest BCUT2D eigenvalue weighted by Crippen LogP contribution is 2.34. The van der Waals surface area contributed by atoms with Gasteiger partial charge in [0.2, 0.25) is 0 Å². The van der Waals surface area contributed by atoms with E-state index < -0.39 is 0 Å². The Morgan fingerprint density at radius 2 is 1.89 bits per heavy atom. The Hall–Kier alpha value is -3.19. The summed E-state index contributed by atoms with van der Waals surface area (Å²) in [7, 11) is 0. The van der Waals surface area contributed by atoms with E-state index in [0.29, 0.717) is 23.9 Å². The van der Waals surface area contributed by atoms with Crippen molar-refractivity contribution < 1.29 is 0 Å². The van der Waals surface area contributed by atoms with Gasteiger partial charge < -0.3 is 11.5 Å². The van der Waals surface area contributed by atoms with Crippen molar-refractivity contribution in [1.29, 1.82) is 0 Å². The summed E-state index contributed by atoms with van der Waals surface area (Å²) in [5.74, 6) is 1.04. The number of aliphatic imine (C=N–C) groups is 1. The third kappa shape index (κ3) is 3.48. The number of halogens is 1. The van der Waals surface area contributed by atoms with Gasteiger partial charge in [0.25, 0.3) is 0 Å². The number of nitrogens with two attached hydrogens (primary N) is 2. The number of benzene rings is 2. The van der Waals surface area contributed by atoms with Crippen LogP contribution in [0.25, 0.3) is 16.6 Å². The summed E-state index contributed by atoms with van der Waals surface area (Å²) < 4.78 is 2.56. The molecule has 0 atom stereocenters. The Kier molecular flexibility index (Phi) is 4.83. The highest BCUT2D eigenvalue weighted by Gasteiger charge is 2.15. The summed E-state index contributed by atoms with van der Waals surface area (Å²) in [6.45, 7) is 2.43. The fourth-order valence-electron chi connectivity index (χ4n) is 3.12. The van der Waals surface area contributed by atoms with Crippen LogP contribution in [0.2, 0.25) is 0 Å². The van der Waals surface area contributed by atoms with Gasteiger partial charge in [-0.2, -0.15) is 5.10 Å². The van der Waals surface area contributed by atoms with E-state index in [-0.39, 0.29) is 0 Å². The average Bonchev–Trinajstić information content (AvgIpc) is 3.01. The normalized spacial score (nSPS) is 11.5. The van der Waals surface area contributed by atoms with E-state index in [1.165, 1.54) is 0 Å². The van der Waals surface area contributed by atoms with Gasteiger partial charge >= 0.3 is 0 Å². The second kappa shape index (κ2) is 7.44. The molecule has 0 spiro atoms. The fourth-order valence-corrected chi connectivity index (χ4v) is 3.61. The minimum absolute atomic E-state index is 0.431. The molecule has 140 valence electrons. The van der Waals surface area contributed by atoms with Crippen molar-refractivity contribution in [3.8, 4) is 11.1 Å². The van der Waals surface area contributed by atoms with Crippen molar-refractivity contribution in [1.82, 2.24) is 14.6 Å². The van der Waals surface area contributed by atoms with E-state index in [9.17, 15) is 0 Å². The lowest BCUT2D eigenvalue weighted by atomic mass is 10.0. The minimum Gasteiger partial charge on any atom is -0.398 e. The molecule has 0 aliphatic carbocycles. The zero-order valence-corrected chi connectivity index (χ0v) is 16.9. The first-order valence-electron chi connectivity index (χ1n) is 8.78. The quantitative estimate of drug-likeness (QED) is 0.370. The van der Waals surface area contributed by atoms with Crippen LogP contribution in [0.5, 0.6) is 0 Å². The molecule has 2 heterocycles. The molecule has 4 N–H and O–H groups in total. The molecule has 0 radical (unpaired) electrons. The molecular formula is C21H19BrN6. The van der Waals surface area contributed by atoms with Gasteiger partial charge in [-0.05, 0) is 46.1 Å². The minimum atomic E-state index is 0.431. The van der Waals surface area contributed by atoms with Crippen LogP contribution in [0.3, 0.4) is 0 Å². The summed E-state index contributed by atoms with van der Waals surface area (Å²) in [5.41, 5.74) is 17.7. The van der Waals surface area contributed by atoms with Crippen LogP contribution in [0.15, 0.2) is 64.2 Å². The Balaban J connectivity index is 1.66. The molecule has 0 fully saturated rings. The number of aromatic nitrogens is 3. The Morgan fingerprint density at radius 3 is 2.64 bits per heavy atom. The van der Waals surface area contributed by atoms with Crippen molar-refractivity contribution in [3.63, 3.8) is 0 Å². The van der Waals surface area contributed by atoms with Gasteiger partial charge in [0.15, 0.2) is 5.82 Å². The summed E-state index contributed by atoms with van der Waals surface area (Å²) in [6.07, 6.45) is 1.81. The van der Waals surface area contributed by atoms with Crippen LogP contribution >= 0.6 is 15.9 Å². The summed E-state index contributed by atoms with van der Waals surface area (Å²) in [6, 6.07) is 18.0. The first kappa shape index (κ1) is 18.2. The number of hydrogen-bond acceptors (Lipinski definition) is 5. The number of hydrogen-bond donors (Lipinski definition) is 2. The van der Waals surface area contributed by atoms with Crippen molar-refractivity contribution in [2.75, 3.05) is 11.5 Å². The van der Waals surface area contributed by atoms with E-state index in [0.717, 1.165) is 32.4 Å². The molecule has 7 heteroatoms. The smallest absolute Gasteiger partial charge is 0.152 e. The molecule has 6 nitrogen and oxygen atoms in total. The van der Waals surface area contributed by atoms with Crippen LogP contribution in [0.4, 0.5) is 11.5 Å². The second-order valence-corrected chi connectivity index (χ2v) is 7.30. The van der Waals surface area contributed by atoms with Gasteiger partial charge in [0.1, 0.15) is 15.9 Å². The van der Waals surface area contributed by atoms with E-state index >= 15 is 0 Å². The van der Waals surface area contributed by atoms with Gasteiger partial charge in [-0.3, -0.25) is 4.99 Å². The molecule has 2 aromatic heterocycles. The van der Waals surface area contributed by atoms with Crippen LogP contribution < -0.4 is 11.5 Å². The van der Waals surface area contributed by atoms with E-state index in [2.05, 4.69) is 31.0 Å². The zero-order valence-electron chi connectivity index (χ0n) is 15.3. The highest BCUT2D eigenvalue weighted by atomic mass is 79.9. The van der Waals surface area contributed by atoms with Crippen LogP contribution in [-0.4, -0.2) is 20.8 Å². The highest BCUT2D eigenvalue weighted by molar-refractivity contribution is 9.10. The number of fused-ring (bicyclic) bond motifs is 1. The third-order valence-electron chi connectivity index (χ3n) is 4.45. The predicted molar refractivity (Wildman–Crippen MR) is 117 cm³/mol. The van der Waals surface area contributed by atoms with Crippen molar-refractivity contribution >= 4 is 39.2 Å². The molecule has 0 unspecified atom stereocenters. The molecule has 0 bridgehead atoms. The van der Waals surface area contributed by atoms with E-state index in [1.807, 2.05) is 61.5 Å². The lowest BCUT2D eigenvalue weighted by Gasteiger charge is -2.07. The molecular weight excluding hydrogens is 416 g/mol. The lowest BCUT2D eigenvalue weighted by Crippen LogP contribution is -2.03. The standard InChI is InChI=1S/C21H19BrN6/c1-13-26-21(24)20-17(10-19(22)28(20)27-13)15-7-8-16(18(23)9-15)12-25-11-14-5-3-2-4-6-14/h2-10,12H,11,23H2,1H3,(H2,24,26,27). The molecule has 28 heavy (non-hydrogen) atoms. The van der Waals surface area contributed by atoms with Crippen molar-refractivity contribution in [3.05, 3.63) is 76.2 Å². The maximum absolute atomic E-state index is 6.28. The second-order valence-electron chi connectivity index (χ2n) is 6.48. The molecule has 4 rings (SSSR count). The van der Waals surface area contributed by atoms with Crippen molar-refractivity contribution in [2.24, 2.45) is 4.99 Å². The predicted octanol–water partition coefficient (Wildman–Crippen LogP) is 4.25. The average molecular weight is 435 g/mol. The molecule has 0 saturated carbocycles. The van der Waals surface area contributed by atoms with Gasteiger partial charge in [0, 0.05) is 23.0 Å². The Labute approximate surface area is 171 Å². The summed E-state index contributed by atoms with van der Waals surface area (Å²) in [4.78, 5) is 8.78. The van der Waals surface area contributed by atoms with Gasteiger partial charge in [0.05, 0.1) is 6.54 Å². The molecule has 4 aromatic rings. The zero-order chi connectivity index (χ0) is 19.7. The Bertz CT molecular complexity index is 1180. The number of anilines is 2. The van der Waals surface area contributed by atoms with E-state index in [4.69, 9.17) is 11.5 Å². The van der Waals surface area contributed by atoms with Gasteiger partial charge in [-0.15, -0.1) is 0 Å². The maximum Gasteiger partial charge on any atom is 0.152 e. The number of nitrogens with zero attached hydrogens (tertiary/aromatic N) is 4. The molecule has 0 aliphatic rings. The maximum atomic E-state index is 6.28. The molecule has 0 amide bonds. The first-order valence-corrected chi connectivity index (χ1v) is 9.57.